The zero-order valence-electron chi connectivity index (χ0n) is 16.9. The van der Waals surface area contributed by atoms with Crippen LogP contribution in [0.25, 0.3) is 0 Å². The van der Waals surface area contributed by atoms with Crippen LogP contribution in [0.15, 0.2) is 59.5 Å². The molecule has 7 nitrogen and oxygen atoms in total. The highest BCUT2D eigenvalue weighted by Crippen LogP contribution is 2.21. The van der Waals surface area contributed by atoms with E-state index in [-0.39, 0.29) is 41.3 Å². The Morgan fingerprint density at radius 2 is 1.90 bits per heavy atom. The summed E-state index contributed by atoms with van der Waals surface area (Å²) in [5.41, 5.74) is 1.12. The summed E-state index contributed by atoms with van der Waals surface area (Å²) < 4.78 is 33.0. The normalized spacial score (nSPS) is 16.8. The fraction of sp³-hybridized carbons (Fsp3) is 0.364. The predicted octanol–water partition coefficient (Wildman–Crippen LogP) is 2.58. The number of nitrogens with zero attached hydrogens (tertiary/aromatic N) is 1. The van der Waals surface area contributed by atoms with Gasteiger partial charge in [-0.2, -0.15) is 0 Å². The molecule has 30 heavy (non-hydrogen) atoms. The Labute approximate surface area is 177 Å². The number of amides is 1. The van der Waals surface area contributed by atoms with Gasteiger partial charge in [0.2, 0.25) is 10.0 Å². The number of sulfonamides is 1. The van der Waals surface area contributed by atoms with Crippen LogP contribution >= 0.6 is 0 Å². The minimum absolute atomic E-state index is 0.0308. The van der Waals surface area contributed by atoms with E-state index in [4.69, 9.17) is 4.74 Å². The fourth-order valence-electron chi connectivity index (χ4n) is 3.45. The molecule has 8 heteroatoms. The van der Waals surface area contributed by atoms with E-state index in [1.165, 1.54) is 12.1 Å². The Hall–Kier alpha value is -2.71. The number of nitrogens with one attached hydrogen (secondary N) is 1. The highest BCUT2D eigenvalue weighted by Gasteiger charge is 2.30. The molecule has 1 aliphatic heterocycles. The molecule has 2 aromatic carbocycles. The second-order valence-electron chi connectivity index (χ2n) is 7.18. The number of hydrogen-bond donors (Lipinski definition) is 1. The second kappa shape index (κ2) is 9.86. The zero-order chi connectivity index (χ0) is 21.6. The van der Waals surface area contributed by atoms with E-state index >= 15 is 0 Å². The van der Waals surface area contributed by atoms with E-state index in [1.807, 2.05) is 30.3 Å². The molecule has 0 radical (unpaired) electrons. The van der Waals surface area contributed by atoms with Crippen LogP contribution in [0, 0.1) is 5.92 Å². The summed E-state index contributed by atoms with van der Waals surface area (Å²) in [4.78, 5) is 26.6. The van der Waals surface area contributed by atoms with Crippen LogP contribution < -0.4 is 4.72 Å². The van der Waals surface area contributed by atoms with Gasteiger partial charge in [0.05, 0.1) is 17.4 Å². The minimum atomic E-state index is -3.77. The molecule has 0 saturated carbocycles. The number of carbonyl (C=O) groups excluding carboxylic acids is 2. The van der Waals surface area contributed by atoms with Gasteiger partial charge in [-0.25, -0.2) is 13.1 Å². The van der Waals surface area contributed by atoms with Crippen LogP contribution in [-0.4, -0.2) is 44.9 Å². The fourth-order valence-corrected chi connectivity index (χ4v) is 4.51. The van der Waals surface area contributed by atoms with Gasteiger partial charge in [0.25, 0.3) is 5.91 Å². The summed E-state index contributed by atoms with van der Waals surface area (Å²) in [6, 6.07) is 15.2. The Morgan fingerprint density at radius 3 is 2.63 bits per heavy atom. The topological polar surface area (TPSA) is 92.8 Å². The van der Waals surface area contributed by atoms with E-state index in [1.54, 1.807) is 24.0 Å². The Balaban J connectivity index is 1.71. The van der Waals surface area contributed by atoms with Gasteiger partial charge in [-0.05, 0) is 43.5 Å². The van der Waals surface area contributed by atoms with E-state index in [2.05, 4.69) is 4.72 Å². The third-order valence-electron chi connectivity index (χ3n) is 5.03. The molecule has 1 amide bonds. The van der Waals surface area contributed by atoms with Crippen molar-refractivity contribution < 1.29 is 22.7 Å². The molecular weight excluding hydrogens is 404 g/mol. The average Bonchev–Trinajstić information content (AvgIpc) is 2.78. The van der Waals surface area contributed by atoms with Gasteiger partial charge in [-0.15, -0.1) is 0 Å². The lowest BCUT2D eigenvalue weighted by atomic mass is 9.97. The van der Waals surface area contributed by atoms with Crippen molar-refractivity contribution >= 4 is 21.9 Å². The number of rotatable bonds is 7. The van der Waals surface area contributed by atoms with Crippen molar-refractivity contribution in [1.82, 2.24) is 9.62 Å². The summed E-state index contributed by atoms with van der Waals surface area (Å²) in [6.45, 7) is 3.02. The SMILES string of the molecule is CCOC(=O)C1CCCN(C(=O)c2cccc(S(=O)(=O)NCc3ccccc3)c2)C1. The van der Waals surface area contributed by atoms with Gasteiger partial charge in [-0.1, -0.05) is 36.4 Å². The largest absolute Gasteiger partial charge is 0.466 e. The first-order valence-electron chi connectivity index (χ1n) is 10.0. The van der Waals surface area contributed by atoms with E-state index in [0.29, 0.717) is 26.0 Å². The van der Waals surface area contributed by atoms with Gasteiger partial charge < -0.3 is 9.64 Å². The summed E-state index contributed by atoms with van der Waals surface area (Å²) >= 11 is 0. The number of esters is 1. The third kappa shape index (κ3) is 5.46. The van der Waals surface area contributed by atoms with Crippen LogP contribution in [0.2, 0.25) is 0 Å². The number of hydrogen-bond acceptors (Lipinski definition) is 5. The van der Waals surface area contributed by atoms with E-state index < -0.39 is 10.0 Å². The third-order valence-corrected chi connectivity index (χ3v) is 6.43. The molecule has 0 aliphatic carbocycles. The van der Waals surface area contributed by atoms with Gasteiger partial charge in [0, 0.05) is 25.2 Å². The molecule has 0 spiro atoms. The Kier molecular flexibility index (Phi) is 7.23. The van der Waals surface area contributed by atoms with Gasteiger partial charge in [0.15, 0.2) is 0 Å². The van der Waals surface area contributed by atoms with Crippen molar-refractivity contribution in [2.24, 2.45) is 5.92 Å². The molecule has 0 bridgehead atoms. The van der Waals surface area contributed by atoms with Crippen LogP contribution in [0.3, 0.4) is 0 Å². The predicted molar refractivity (Wildman–Crippen MR) is 112 cm³/mol. The average molecular weight is 431 g/mol. The van der Waals surface area contributed by atoms with Crippen LogP contribution in [0.1, 0.15) is 35.7 Å². The number of benzene rings is 2. The van der Waals surface area contributed by atoms with Crippen molar-refractivity contribution in [3.8, 4) is 0 Å². The smallest absolute Gasteiger partial charge is 0.310 e. The van der Waals surface area contributed by atoms with Gasteiger partial charge in [0.1, 0.15) is 0 Å². The number of likely N-dealkylation sites (tertiary alicyclic amines) is 1. The van der Waals surface area contributed by atoms with Crippen LogP contribution in [0.4, 0.5) is 0 Å². The summed E-state index contributed by atoms with van der Waals surface area (Å²) in [6.07, 6.45) is 1.38. The highest BCUT2D eigenvalue weighted by atomic mass is 32.2. The molecule has 1 heterocycles. The lowest BCUT2D eigenvalue weighted by molar-refractivity contribution is -0.149. The molecule has 3 rings (SSSR count). The van der Waals surface area contributed by atoms with Crippen molar-refractivity contribution in [2.75, 3.05) is 19.7 Å². The van der Waals surface area contributed by atoms with E-state index in [9.17, 15) is 18.0 Å². The first-order chi connectivity index (χ1) is 14.4. The second-order valence-corrected chi connectivity index (χ2v) is 8.95. The lowest BCUT2D eigenvalue weighted by Crippen LogP contribution is -2.42. The Bertz CT molecular complexity index is 992. The molecule has 1 saturated heterocycles. The zero-order valence-corrected chi connectivity index (χ0v) is 17.7. The van der Waals surface area contributed by atoms with Crippen LogP contribution in [-0.2, 0) is 26.1 Å². The minimum Gasteiger partial charge on any atom is -0.466 e. The Morgan fingerprint density at radius 1 is 1.13 bits per heavy atom. The molecule has 1 atom stereocenters. The van der Waals surface area contributed by atoms with E-state index in [0.717, 1.165) is 5.56 Å². The quantitative estimate of drug-likeness (QED) is 0.682. The molecule has 0 aromatic heterocycles. The molecule has 1 unspecified atom stereocenters. The van der Waals surface area contributed by atoms with Gasteiger partial charge in [-0.3, -0.25) is 9.59 Å². The standard InChI is InChI=1S/C22H26N2O5S/c1-2-29-22(26)19-11-7-13-24(16-19)21(25)18-10-6-12-20(14-18)30(27,28)23-15-17-8-4-3-5-9-17/h3-6,8-10,12,14,19,23H,2,7,11,13,15-16H2,1H3. The maximum Gasteiger partial charge on any atom is 0.310 e. The monoisotopic (exact) mass is 430 g/mol. The molecule has 160 valence electrons. The number of piperidine rings is 1. The lowest BCUT2D eigenvalue weighted by Gasteiger charge is -2.31. The van der Waals surface area contributed by atoms with Crippen molar-refractivity contribution in [1.29, 1.82) is 0 Å². The number of carbonyl (C=O) groups is 2. The first kappa shape index (κ1) is 22.0. The maximum atomic E-state index is 12.9. The van der Waals surface area contributed by atoms with Crippen molar-refractivity contribution in [3.63, 3.8) is 0 Å². The van der Waals surface area contributed by atoms with Crippen molar-refractivity contribution in [3.05, 3.63) is 65.7 Å². The maximum absolute atomic E-state index is 12.9. The molecule has 1 N–H and O–H groups in total. The van der Waals surface area contributed by atoms with Crippen molar-refractivity contribution in [2.45, 2.75) is 31.2 Å². The van der Waals surface area contributed by atoms with Crippen LogP contribution in [0.5, 0.6) is 0 Å². The summed E-state index contributed by atoms with van der Waals surface area (Å²) in [5.74, 6) is -0.928. The molecule has 1 fully saturated rings. The highest BCUT2D eigenvalue weighted by molar-refractivity contribution is 7.89. The van der Waals surface area contributed by atoms with Gasteiger partial charge >= 0.3 is 5.97 Å². The molecule has 1 aliphatic rings. The summed E-state index contributed by atoms with van der Waals surface area (Å²) in [7, 11) is -3.77. The molecule has 2 aromatic rings. The molecular formula is C22H26N2O5S. The summed E-state index contributed by atoms with van der Waals surface area (Å²) in [5, 5.41) is 0. The number of ether oxygens (including phenoxy) is 1. The first-order valence-corrected chi connectivity index (χ1v) is 11.5.